The van der Waals surface area contributed by atoms with E-state index in [1.54, 1.807) is 23.2 Å². The standard InChI is InChI=1S/C9H11N7O2S2/c1-15-5-11-14-6(15)4-12-20(17,18)8-7(10)13-9-16(8)2-3-19-9/h2-3,5,12H,4,10H2,1H3. The van der Waals surface area contributed by atoms with Gasteiger partial charge in [-0.15, -0.1) is 21.5 Å². The summed E-state index contributed by atoms with van der Waals surface area (Å²) >= 11 is 1.31. The Labute approximate surface area is 118 Å². The van der Waals surface area contributed by atoms with E-state index in [0.29, 0.717) is 10.8 Å². The molecule has 3 aromatic heterocycles. The van der Waals surface area contributed by atoms with Crippen LogP contribution in [0.2, 0.25) is 0 Å². The Morgan fingerprint density at radius 3 is 3.00 bits per heavy atom. The lowest BCUT2D eigenvalue weighted by molar-refractivity contribution is 0.573. The van der Waals surface area contributed by atoms with Gasteiger partial charge in [-0.05, 0) is 0 Å². The van der Waals surface area contributed by atoms with Gasteiger partial charge in [0, 0.05) is 18.6 Å². The number of nitrogens with two attached hydrogens (primary N) is 1. The van der Waals surface area contributed by atoms with E-state index in [0.717, 1.165) is 0 Å². The third-order valence-electron chi connectivity index (χ3n) is 2.72. The van der Waals surface area contributed by atoms with E-state index in [1.165, 1.54) is 22.1 Å². The maximum Gasteiger partial charge on any atom is 0.260 e. The molecule has 3 aromatic rings. The van der Waals surface area contributed by atoms with Gasteiger partial charge in [-0.2, -0.15) is 0 Å². The summed E-state index contributed by atoms with van der Waals surface area (Å²) in [6.07, 6.45) is 3.11. The number of thiazole rings is 1. The highest BCUT2D eigenvalue weighted by atomic mass is 32.2. The molecule has 0 radical (unpaired) electrons. The van der Waals surface area contributed by atoms with Crippen LogP contribution in [0.15, 0.2) is 22.9 Å². The predicted octanol–water partition coefficient (Wildman–Crippen LogP) is -0.415. The lowest BCUT2D eigenvalue weighted by atomic mass is 10.6. The summed E-state index contributed by atoms with van der Waals surface area (Å²) in [5.41, 5.74) is 5.69. The van der Waals surface area contributed by atoms with Gasteiger partial charge in [-0.1, -0.05) is 0 Å². The van der Waals surface area contributed by atoms with Crippen molar-refractivity contribution in [3.05, 3.63) is 23.7 Å². The van der Waals surface area contributed by atoms with Gasteiger partial charge in [0.2, 0.25) is 0 Å². The molecule has 0 saturated carbocycles. The van der Waals surface area contributed by atoms with Gasteiger partial charge >= 0.3 is 0 Å². The van der Waals surface area contributed by atoms with E-state index in [-0.39, 0.29) is 17.4 Å². The van der Waals surface area contributed by atoms with Crippen LogP contribution in [0.5, 0.6) is 0 Å². The fourth-order valence-electron chi connectivity index (χ4n) is 1.74. The summed E-state index contributed by atoms with van der Waals surface area (Å²) < 4.78 is 30.2. The van der Waals surface area contributed by atoms with Crippen molar-refractivity contribution in [1.82, 2.24) is 28.9 Å². The third-order valence-corrected chi connectivity index (χ3v) is 4.92. The summed E-state index contributed by atoms with van der Waals surface area (Å²) in [6.45, 7) is 0.0235. The summed E-state index contributed by atoms with van der Waals surface area (Å²) in [7, 11) is -2.06. The molecule has 0 bridgehead atoms. The van der Waals surface area contributed by atoms with Crippen LogP contribution in [0.25, 0.3) is 4.96 Å². The number of nitrogen functional groups attached to an aromatic ring is 1. The van der Waals surface area contributed by atoms with Gasteiger partial charge in [0.25, 0.3) is 10.0 Å². The number of hydrogen-bond acceptors (Lipinski definition) is 7. The maximum atomic E-state index is 12.3. The highest BCUT2D eigenvalue weighted by Crippen LogP contribution is 2.23. The molecular formula is C9H11N7O2S2. The largest absolute Gasteiger partial charge is 0.381 e. The zero-order chi connectivity index (χ0) is 14.3. The molecule has 3 N–H and O–H groups in total. The van der Waals surface area contributed by atoms with Gasteiger partial charge in [0.15, 0.2) is 15.8 Å². The van der Waals surface area contributed by atoms with Crippen LogP contribution < -0.4 is 10.5 Å². The maximum absolute atomic E-state index is 12.3. The Bertz CT molecular complexity index is 860. The zero-order valence-electron chi connectivity index (χ0n) is 10.4. The average Bonchev–Trinajstić information content (AvgIpc) is 3.02. The molecule has 0 aliphatic carbocycles. The molecule has 11 heteroatoms. The minimum atomic E-state index is -3.79. The van der Waals surface area contributed by atoms with Gasteiger partial charge < -0.3 is 10.3 Å². The van der Waals surface area contributed by atoms with Crippen molar-refractivity contribution in [3.63, 3.8) is 0 Å². The van der Waals surface area contributed by atoms with Crippen LogP contribution in [0, 0.1) is 0 Å². The summed E-state index contributed by atoms with van der Waals surface area (Å²) in [5.74, 6) is 0.473. The summed E-state index contributed by atoms with van der Waals surface area (Å²) in [4.78, 5) is 4.54. The highest BCUT2D eigenvalue weighted by Gasteiger charge is 2.24. The van der Waals surface area contributed by atoms with Crippen LogP contribution in [0.4, 0.5) is 5.82 Å². The molecule has 0 aromatic carbocycles. The Morgan fingerprint density at radius 2 is 2.30 bits per heavy atom. The Morgan fingerprint density at radius 1 is 1.50 bits per heavy atom. The lowest BCUT2D eigenvalue weighted by Gasteiger charge is -2.05. The fourth-order valence-corrected chi connectivity index (χ4v) is 3.71. The van der Waals surface area contributed by atoms with Gasteiger partial charge in [-0.3, -0.25) is 4.40 Å². The van der Waals surface area contributed by atoms with Gasteiger partial charge in [0.1, 0.15) is 12.2 Å². The Kier molecular flexibility index (Phi) is 2.96. The molecule has 20 heavy (non-hydrogen) atoms. The van der Waals surface area contributed by atoms with E-state index in [2.05, 4.69) is 19.9 Å². The van der Waals surface area contributed by atoms with E-state index in [4.69, 9.17) is 5.73 Å². The zero-order valence-corrected chi connectivity index (χ0v) is 12.0. The highest BCUT2D eigenvalue weighted by molar-refractivity contribution is 7.89. The second kappa shape index (κ2) is 4.54. The van der Waals surface area contributed by atoms with Crippen molar-refractivity contribution >= 4 is 32.1 Å². The molecule has 3 rings (SSSR count). The molecule has 0 fully saturated rings. The molecule has 0 unspecified atom stereocenters. The summed E-state index contributed by atoms with van der Waals surface area (Å²) in [6, 6.07) is 0. The number of hydrogen-bond donors (Lipinski definition) is 2. The number of aryl methyl sites for hydroxylation is 1. The second-order valence-electron chi connectivity index (χ2n) is 4.04. The smallest absolute Gasteiger partial charge is 0.260 e. The molecule has 0 aliphatic heterocycles. The normalized spacial score (nSPS) is 12.2. The molecule has 0 aliphatic rings. The number of sulfonamides is 1. The first-order chi connectivity index (χ1) is 9.49. The molecule has 0 amide bonds. The van der Waals surface area contributed by atoms with E-state index in [1.807, 2.05) is 0 Å². The molecule has 3 heterocycles. The fraction of sp³-hybridized carbons (Fsp3) is 0.222. The molecule has 0 saturated heterocycles. The number of imidazole rings is 1. The number of aromatic nitrogens is 5. The first kappa shape index (κ1) is 13.0. The number of nitrogens with one attached hydrogen (secondary N) is 1. The quantitative estimate of drug-likeness (QED) is 0.675. The molecule has 0 atom stereocenters. The van der Waals surface area contributed by atoms with E-state index >= 15 is 0 Å². The topological polar surface area (TPSA) is 120 Å². The van der Waals surface area contributed by atoms with E-state index < -0.39 is 10.0 Å². The van der Waals surface area contributed by atoms with Crippen LogP contribution in [-0.2, 0) is 23.6 Å². The number of nitrogens with zero attached hydrogens (tertiary/aromatic N) is 5. The first-order valence-corrected chi connectivity index (χ1v) is 7.89. The molecule has 106 valence electrons. The minimum absolute atomic E-state index is 0.0235. The van der Waals surface area contributed by atoms with Crippen LogP contribution in [0.3, 0.4) is 0 Å². The SMILES string of the molecule is Cn1cnnc1CNS(=O)(=O)c1c(N)nc2sccn12. The van der Waals surface area contributed by atoms with Crippen molar-refractivity contribution in [3.8, 4) is 0 Å². The Hall–Kier alpha value is -1.98. The average molecular weight is 313 g/mol. The number of fused-ring (bicyclic) bond motifs is 1. The minimum Gasteiger partial charge on any atom is -0.381 e. The van der Waals surface area contributed by atoms with Crippen LogP contribution >= 0.6 is 11.3 Å². The lowest BCUT2D eigenvalue weighted by Crippen LogP contribution is -2.26. The van der Waals surface area contributed by atoms with Gasteiger partial charge in [0.05, 0.1) is 6.54 Å². The van der Waals surface area contributed by atoms with Crippen molar-refractivity contribution < 1.29 is 8.42 Å². The first-order valence-electron chi connectivity index (χ1n) is 5.52. The van der Waals surface area contributed by atoms with Crippen molar-refractivity contribution in [2.45, 2.75) is 11.6 Å². The number of anilines is 1. The van der Waals surface area contributed by atoms with Crippen molar-refractivity contribution in [1.29, 1.82) is 0 Å². The third kappa shape index (κ3) is 2.05. The predicted molar refractivity (Wildman–Crippen MR) is 72.5 cm³/mol. The van der Waals surface area contributed by atoms with Crippen molar-refractivity contribution in [2.24, 2.45) is 7.05 Å². The van der Waals surface area contributed by atoms with Crippen LogP contribution in [0.1, 0.15) is 5.82 Å². The van der Waals surface area contributed by atoms with Crippen molar-refractivity contribution in [2.75, 3.05) is 5.73 Å². The molecule has 9 nitrogen and oxygen atoms in total. The second-order valence-corrected chi connectivity index (χ2v) is 6.60. The Balaban J connectivity index is 1.94. The van der Waals surface area contributed by atoms with E-state index in [9.17, 15) is 8.42 Å². The molecular weight excluding hydrogens is 302 g/mol. The monoisotopic (exact) mass is 313 g/mol. The summed E-state index contributed by atoms with van der Waals surface area (Å²) in [5, 5.41) is 9.17. The number of rotatable bonds is 4. The van der Waals surface area contributed by atoms with Crippen LogP contribution in [-0.4, -0.2) is 32.6 Å². The van der Waals surface area contributed by atoms with Gasteiger partial charge in [-0.25, -0.2) is 18.1 Å². The molecule has 0 spiro atoms.